The molecule has 3 N–H and O–H groups in total. The summed E-state index contributed by atoms with van der Waals surface area (Å²) in [5, 5.41) is 2.96. The Morgan fingerprint density at radius 3 is 2.24 bits per heavy atom. The van der Waals surface area contributed by atoms with Crippen molar-refractivity contribution in [2.75, 3.05) is 12.4 Å². The van der Waals surface area contributed by atoms with Gasteiger partial charge >= 0.3 is 0 Å². The molecule has 0 bridgehead atoms. The predicted molar refractivity (Wildman–Crippen MR) is 89.1 cm³/mol. The van der Waals surface area contributed by atoms with Gasteiger partial charge in [-0.25, -0.2) is 0 Å². The largest absolute Gasteiger partial charge is 0.326 e. The molecule has 4 heteroatoms. The first-order chi connectivity index (χ1) is 9.85. The zero-order valence-corrected chi connectivity index (χ0v) is 13.9. The van der Waals surface area contributed by atoms with Gasteiger partial charge in [0.05, 0.1) is 6.04 Å². The lowest BCUT2D eigenvalue weighted by molar-refractivity contribution is -0.121. The Morgan fingerprint density at radius 2 is 1.76 bits per heavy atom. The van der Waals surface area contributed by atoms with Crippen LogP contribution in [0.2, 0.25) is 0 Å². The Labute approximate surface area is 128 Å². The third kappa shape index (κ3) is 5.48. The van der Waals surface area contributed by atoms with Crippen molar-refractivity contribution in [1.82, 2.24) is 4.90 Å². The van der Waals surface area contributed by atoms with Gasteiger partial charge in [-0.2, -0.15) is 0 Å². The smallest absolute Gasteiger partial charge is 0.241 e. The number of nitrogens with zero attached hydrogens (tertiary/aromatic N) is 1. The summed E-state index contributed by atoms with van der Waals surface area (Å²) in [6.07, 6.45) is 1.08. The van der Waals surface area contributed by atoms with Crippen molar-refractivity contribution in [2.45, 2.75) is 52.7 Å². The standard InChI is InChI=1S/C17H29N3O/c1-12(2)10-13(3)20(5)14(4)17(21)19-16-8-6-15(11-18)7-9-16/h6-9,12-14H,10-11,18H2,1-5H3,(H,19,21). The number of carbonyl (C=O) groups is 1. The highest BCUT2D eigenvalue weighted by atomic mass is 16.2. The van der Waals surface area contributed by atoms with Crippen molar-refractivity contribution in [3.05, 3.63) is 29.8 Å². The highest BCUT2D eigenvalue weighted by Crippen LogP contribution is 2.14. The lowest BCUT2D eigenvalue weighted by Crippen LogP contribution is -2.44. The van der Waals surface area contributed by atoms with Gasteiger partial charge in [0.2, 0.25) is 5.91 Å². The summed E-state index contributed by atoms with van der Waals surface area (Å²) in [7, 11) is 2.01. The average Bonchev–Trinajstić information content (AvgIpc) is 2.45. The van der Waals surface area contributed by atoms with Crippen LogP contribution in [0.4, 0.5) is 5.69 Å². The third-order valence-corrected chi connectivity index (χ3v) is 3.96. The Morgan fingerprint density at radius 1 is 1.19 bits per heavy atom. The van der Waals surface area contributed by atoms with E-state index in [1.807, 2.05) is 38.2 Å². The first kappa shape index (κ1) is 17.7. The predicted octanol–water partition coefficient (Wildman–Crippen LogP) is 2.84. The van der Waals surface area contributed by atoms with Gasteiger partial charge in [-0.05, 0) is 50.9 Å². The minimum absolute atomic E-state index is 0.0219. The second-order valence-corrected chi connectivity index (χ2v) is 6.21. The van der Waals surface area contributed by atoms with Crippen LogP contribution in [-0.2, 0) is 11.3 Å². The number of hydrogen-bond acceptors (Lipinski definition) is 3. The number of hydrogen-bond donors (Lipinski definition) is 2. The zero-order valence-electron chi connectivity index (χ0n) is 13.9. The van der Waals surface area contributed by atoms with Crippen LogP contribution in [0.15, 0.2) is 24.3 Å². The minimum atomic E-state index is -0.159. The molecule has 1 aromatic carbocycles. The fraction of sp³-hybridized carbons (Fsp3) is 0.588. The van der Waals surface area contributed by atoms with Crippen LogP contribution in [0, 0.1) is 5.92 Å². The maximum absolute atomic E-state index is 12.3. The molecule has 0 aliphatic carbocycles. The molecule has 0 radical (unpaired) electrons. The molecule has 1 rings (SSSR count). The highest BCUT2D eigenvalue weighted by Gasteiger charge is 2.22. The van der Waals surface area contributed by atoms with Gasteiger partial charge in [0.15, 0.2) is 0 Å². The molecule has 21 heavy (non-hydrogen) atoms. The van der Waals surface area contributed by atoms with Crippen LogP contribution in [0.5, 0.6) is 0 Å². The summed E-state index contributed by atoms with van der Waals surface area (Å²) < 4.78 is 0. The first-order valence-electron chi connectivity index (χ1n) is 7.67. The normalized spacial score (nSPS) is 14.3. The summed E-state index contributed by atoms with van der Waals surface area (Å²) in [5.74, 6) is 0.648. The van der Waals surface area contributed by atoms with Gasteiger partial charge in [0.1, 0.15) is 0 Å². The summed E-state index contributed by atoms with van der Waals surface area (Å²) in [5.41, 5.74) is 7.44. The van der Waals surface area contributed by atoms with E-state index in [2.05, 4.69) is 31.0 Å². The molecule has 0 saturated heterocycles. The molecule has 2 unspecified atom stereocenters. The number of carbonyl (C=O) groups excluding carboxylic acids is 1. The number of nitrogens with two attached hydrogens (primary N) is 1. The summed E-state index contributed by atoms with van der Waals surface area (Å²) in [4.78, 5) is 14.4. The molecular formula is C17H29N3O. The van der Waals surface area contributed by atoms with Gasteiger partial charge < -0.3 is 11.1 Å². The fourth-order valence-electron chi connectivity index (χ4n) is 2.39. The van der Waals surface area contributed by atoms with Crippen molar-refractivity contribution in [2.24, 2.45) is 11.7 Å². The van der Waals surface area contributed by atoms with Crippen LogP contribution in [0.3, 0.4) is 0 Å². The highest BCUT2D eigenvalue weighted by molar-refractivity contribution is 5.94. The van der Waals surface area contributed by atoms with E-state index >= 15 is 0 Å². The average molecular weight is 291 g/mol. The second kappa shape index (κ2) is 8.15. The molecule has 118 valence electrons. The maximum Gasteiger partial charge on any atom is 0.241 e. The van der Waals surface area contributed by atoms with Crippen molar-refractivity contribution in [1.29, 1.82) is 0 Å². The van der Waals surface area contributed by atoms with E-state index in [1.165, 1.54) is 0 Å². The number of rotatable bonds is 7. The SMILES string of the molecule is CC(C)CC(C)N(C)C(C)C(=O)Nc1ccc(CN)cc1. The number of likely N-dealkylation sites (N-methyl/N-ethyl adjacent to an activating group) is 1. The Bertz CT molecular complexity index is 442. The summed E-state index contributed by atoms with van der Waals surface area (Å²) in [6.45, 7) is 9.03. The fourth-order valence-corrected chi connectivity index (χ4v) is 2.39. The van der Waals surface area contributed by atoms with E-state index < -0.39 is 0 Å². The molecule has 0 heterocycles. The van der Waals surface area contributed by atoms with Gasteiger partial charge in [-0.3, -0.25) is 9.69 Å². The summed E-state index contributed by atoms with van der Waals surface area (Å²) >= 11 is 0. The van der Waals surface area contributed by atoms with Gasteiger partial charge in [0, 0.05) is 18.3 Å². The third-order valence-electron chi connectivity index (χ3n) is 3.96. The first-order valence-corrected chi connectivity index (χ1v) is 7.67. The van der Waals surface area contributed by atoms with Gasteiger partial charge in [0.25, 0.3) is 0 Å². The van der Waals surface area contributed by atoms with E-state index in [9.17, 15) is 4.79 Å². The van der Waals surface area contributed by atoms with Crippen LogP contribution in [0.1, 0.15) is 39.7 Å². The zero-order chi connectivity index (χ0) is 16.0. The maximum atomic E-state index is 12.3. The minimum Gasteiger partial charge on any atom is -0.326 e. The lowest BCUT2D eigenvalue weighted by atomic mass is 10.0. The van der Waals surface area contributed by atoms with Gasteiger partial charge in [-0.15, -0.1) is 0 Å². The van der Waals surface area contributed by atoms with Crippen LogP contribution < -0.4 is 11.1 Å². The topological polar surface area (TPSA) is 58.4 Å². The van der Waals surface area contributed by atoms with Crippen LogP contribution >= 0.6 is 0 Å². The molecule has 0 aromatic heterocycles. The molecule has 0 aliphatic heterocycles. The quantitative estimate of drug-likeness (QED) is 0.812. The van der Waals surface area contributed by atoms with E-state index in [0.29, 0.717) is 18.5 Å². The van der Waals surface area contributed by atoms with Crippen LogP contribution in [-0.4, -0.2) is 29.9 Å². The summed E-state index contributed by atoms with van der Waals surface area (Å²) in [6, 6.07) is 7.88. The lowest BCUT2D eigenvalue weighted by Gasteiger charge is -2.31. The molecular weight excluding hydrogens is 262 g/mol. The number of anilines is 1. The Balaban J connectivity index is 2.60. The van der Waals surface area contributed by atoms with Gasteiger partial charge in [-0.1, -0.05) is 26.0 Å². The van der Waals surface area contributed by atoms with E-state index in [4.69, 9.17) is 5.73 Å². The second-order valence-electron chi connectivity index (χ2n) is 6.21. The van der Waals surface area contributed by atoms with Crippen LogP contribution in [0.25, 0.3) is 0 Å². The molecule has 1 amide bonds. The van der Waals surface area contributed by atoms with Crippen molar-refractivity contribution in [3.63, 3.8) is 0 Å². The molecule has 1 aromatic rings. The van der Waals surface area contributed by atoms with E-state index in [1.54, 1.807) is 0 Å². The Hall–Kier alpha value is -1.39. The molecule has 0 spiro atoms. The molecule has 4 nitrogen and oxygen atoms in total. The molecule has 0 saturated carbocycles. The number of amides is 1. The molecule has 0 aliphatic rings. The molecule has 2 atom stereocenters. The van der Waals surface area contributed by atoms with Crippen molar-refractivity contribution < 1.29 is 4.79 Å². The number of nitrogens with one attached hydrogen (secondary N) is 1. The number of benzene rings is 1. The van der Waals surface area contributed by atoms with Crippen molar-refractivity contribution >= 4 is 11.6 Å². The van der Waals surface area contributed by atoms with Crippen molar-refractivity contribution in [3.8, 4) is 0 Å². The monoisotopic (exact) mass is 291 g/mol. The Kier molecular flexibility index (Phi) is 6.85. The molecule has 0 fully saturated rings. The van der Waals surface area contributed by atoms with E-state index in [0.717, 1.165) is 17.7 Å². The van der Waals surface area contributed by atoms with E-state index in [-0.39, 0.29) is 11.9 Å².